The zero-order valence-corrected chi connectivity index (χ0v) is 10.2. The molecule has 3 N–H and O–H groups in total. The Labute approximate surface area is 100 Å². The summed E-state index contributed by atoms with van der Waals surface area (Å²) >= 11 is 0. The van der Waals surface area contributed by atoms with Crippen LogP contribution in [0, 0.1) is 13.8 Å². The molecule has 1 aromatic heterocycles. The average molecular weight is 235 g/mol. The van der Waals surface area contributed by atoms with Crippen LogP contribution < -0.4 is 11.1 Å². The predicted molar refractivity (Wildman–Crippen MR) is 63.3 cm³/mol. The molecule has 1 aliphatic rings. The van der Waals surface area contributed by atoms with E-state index in [4.69, 9.17) is 5.73 Å². The van der Waals surface area contributed by atoms with Crippen LogP contribution in [-0.4, -0.2) is 26.6 Å². The zero-order chi connectivity index (χ0) is 12.5. The van der Waals surface area contributed by atoms with Crippen LogP contribution in [0.1, 0.15) is 37.1 Å². The number of hydrogen-bond acceptors (Lipinski definition) is 5. The molecule has 1 aliphatic carbocycles. The zero-order valence-electron chi connectivity index (χ0n) is 10.2. The third kappa shape index (κ3) is 2.76. The largest absolute Gasteiger partial charge is 0.325 e. The van der Waals surface area contributed by atoms with Gasteiger partial charge < -0.3 is 5.73 Å². The molecule has 0 spiro atoms. The number of carbonyl (C=O) groups is 1. The Hall–Kier alpha value is -1.56. The van der Waals surface area contributed by atoms with Crippen molar-refractivity contribution in [2.75, 3.05) is 5.32 Å². The van der Waals surface area contributed by atoms with E-state index < -0.39 is 0 Å². The molecule has 17 heavy (non-hydrogen) atoms. The minimum atomic E-state index is -0.322. The first-order valence-electron chi connectivity index (χ1n) is 5.75. The second-order valence-electron chi connectivity index (χ2n) is 4.75. The molecule has 6 nitrogen and oxygen atoms in total. The van der Waals surface area contributed by atoms with Gasteiger partial charge in [-0.05, 0) is 33.1 Å². The Balaban J connectivity index is 1.95. The molecule has 1 aromatic rings. The lowest BCUT2D eigenvalue weighted by atomic mass is 9.75. The van der Waals surface area contributed by atoms with Crippen LogP contribution in [-0.2, 0) is 4.79 Å². The summed E-state index contributed by atoms with van der Waals surface area (Å²) in [6.45, 7) is 3.65. The van der Waals surface area contributed by atoms with E-state index in [1.807, 2.05) is 13.8 Å². The summed E-state index contributed by atoms with van der Waals surface area (Å²) in [5.41, 5.74) is 7.20. The van der Waals surface area contributed by atoms with Gasteiger partial charge in [0.05, 0.1) is 11.4 Å². The van der Waals surface area contributed by atoms with Gasteiger partial charge in [0.1, 0.15) is 0 Å². The molecule has 0 aromatic carbocycles. The van der Waals surface area contributed by atoms with Crippen molar-refractivity contribution in [1.29, 1.82) is 0 Å². The van der Waals surface area contributed by atoms with E-state index in [1.54, 1.807) is 0 Å². The Morgan fingerprint density at radius 1 is 1.35 bits per heavy atom. The van der Waals surface area contributed by atoms with Gasteiger partial charge in [0.15, 0.2) is 0 Å². The quantitative estimate of drug-likeness (QED) is 0.804. The van der Waals surface area contributed by atoms with Crippen LogP contribution in [0.4, 0.5) is 5.95 Å². The Morgan fingerprint density at radius 3 is 2.59 bits per heavy atom. The molecule has 92 valence electrons. The van der Waals surface area contributed by atoms with Gasteiger partial charge in [0.25, 0.3) is 0 Å². The van der Waals surface area contributed by atoms with E-state index in [0.29, 0.717) is 6.42 Å². The highest BCUT2D eigenvalue weighted by molar-refractivity contribution is 5.89. The molecular formula is C11H17N5O. The summed E-state index contributed by atoms with van der Waals surface area (Å²) in [5, 5.41) is 10.4. The normalized spacial score (nSPS) is 17.4. The van der Waals surface area contributed by atoms with Gasteiger partial charge in [-0.15, -0.1) is 5.10 Å². The SMILES string of the molecule is Cc1nnc(NC(=O)CC2(N)CCC2)nc1C. The van der Waals surface area contributed by atoms with Gasteiger partial charge in [0, 0.05) is 12.0 Å². The van der Waals surface area contributed by atoms with E-state index >= 15 is 0 Å². The van der Waals surface area contributed by atoms with Crippen LogP contribution in [0.25, 0.3) is 0 Å². The third-order valence-corrected chi connectivity index (χ3v) is 3.21. The smallest absolute Gasteiger partial charge is 0.249 e. The number of nitrogens with zero attached hydrogens (tertiary/aromatic N) is 3. The van der Waals surface area contributed by atoms with E-state index in [2.05, 4.69) is 20.5 Å². The molecule has 1 fully saturated rings. The van der Waals surface area contributed by atoms with Crippen LogP contribution in [0.15, 0.2) is 0 Å². The van der Waals surface area contributed by atoms with Crippen LogP contribution in [0.3, 0.4) is 0 Å². The Kier molecular flexibility index (Phi) is 3.06. The van der Waals surface area contributed by atoms with Gasteiger partial charge in [0.2, 0.25) is 11.9 Å². The molecule has 0 saturated heterocycles. The Bertz CT molecular complexity index is 441. The van der Waals surface area contributed by atoms with E-state index in [-0.39, 0.29) is 17.4 Å². The summed E-state index contributed by atoms with van der Waals surface area (Å²) in [7, 11) is 0. The summed E-state index contributed by atoms with van der Waals surface area (Å²) in [6.07, 6.45) is 3.24. The number of carbonyl (C=O) groups excluding carboxylic acids is 1. The molecule has 0 radical (unpaired) electrons. The number of hydrogen-bond donors (Lipinski definition) is 2. The fourth-order valence-electron chi connectivity index (χ4n) is 1.81. The van der Waals surface area contributed by atoms with Crippen molar-refractivity contribution in [1.82, 2.24) is 15.2 Å². The van der Waals surface area contributed by atoms with Gasteiger partial charge in [-0.1, -0.05) is 0 Å². The minimum Gasteiger partial charge on any atom is -0.325 e. The fraction of sp³-hybridized carbons (Fsp3) is 0.636. The number of nitrogens with one attached hydrogen (secondary N) is 1. The number of nitrogens with two attached hydrogens (primary N) is 1. The lowest BCUT2D eigenvalue weighted by Gasteiger charge is -2.37. The Morgan fingerprint density at radius 2 is 2.06 bits per heavy atom. The first-order chi connectivity index (χ1) is 7.98. The van der Waals surface area contributed by atoms with Crippen molar-refractivity contribution in [3.05, 3.63) is 11.4 Å². The molecule has 0 bridgehead atoms. The molecule has 1 heterocycles. The molecule has 0 unspecified atom stereocenters. The summed E-state index contributed by atoms with van der Waals surface area (Å²) < 4.78 is 0. The number of anilines is 1. The van der Waals surface area contributed by atoms with E-state index in [9.17, 15) is 4.79 Å². The average Bonchev–Trinajstić information content (AvgIpc) is 2.21. The highest BCUT2D eigenvalue weighted by Gasteiger charge is 2.34. The first kappa shape index (κ1) is 11.9. The first-order valence-corrected chi connectivity index (χ1v) is 5.75. The number of amides is 1. The van der Waals surface area contributed by atoms with Crippen molar-refractivity contribution in [3.8, 4) is 0 Å². The predicted octanol–water partition coefficient (Wildman–Crippen LogP) is 0.698. The number of aromatic nitrogens is 3. The molecular weight excluding hydrogens is 218 g/mol. The molecule has 1 saturated carbocycles. The highest BCUT2D eigenvalue weighted by atomic mass is 16.1. The number of aryl methyl sites for hydroxylation is 2. The maximum atomic E-state index is 11.7. The molecule has 0 aliphatic heterocycles. The molecule has 0 atom stereocenters. The molecule has 1 amide bonds. The molecule has 6 heteroatoms. The highest BCUT2D eigenvalue weighted by Crippen LogP contribution is 2.32. The second-order valence-corrected chi connectivity index (χ2v) is 4.75. The van der Waals surface area contributed by atoms with Crippen molar-refractivity contribution in [2.24, 2.45) is 5.73 Å². The lowest BCUT2D eigenvalue weighted by molar-refractivity contribution is -0.118. The minimum absolute atomic E-state index is 0.141. The van der Waals surface area contributed by atoms with Crippen molar-refractivity contribution >= 4 is 11.9 Å². The lowest BCUT2D eigenvalue weighted by Crippen LogP contribution is -2.49. The van der Waals surface area contributed by atoms with E-state index in [0.717, 1.165) is 30.7 Å². The second kappa shape index (κ2) is 4.37. The van der Waals surface area contributed by atoms with Crippen LogP contribution in [0.5, 0.6) is 0 Å². The maximum absolute atomic E-state index is 11.7. The van der Waals surface area contributed by atoms with Gasteiger partial charge in [-0.25, -0.2) is 4.98 Å². The van der Waals surface area contributed by atoms with Crippen molar-refractivity contribution in [3.63, 3.8) is 0 Å². The fourth-order valence-corrected chi connectivity index (χ4v) is 1.81. The monoisotopic (exact) mass is 235 g/mol. The van der Waals surface area contributed by atoms with Crippen LogP contribution in [0.2, 0.25) is 0 Å². The summed E-state index contributed by atoms with van der Waals surface area (Å²) in [6, 6.07) is 0. The standard InChI is InChI=1S/C11H17N5O/c1-7-8(2)15-16-10(13-7)14-9(17)6-11(12)4-3-5-11/h3-6,12H2,1-2H3,(H,13,14,16,17). The summed E-state index contributed by atoms with van der Waals surface area (Å²) in [5.74, 6) is 0.110. The number of rotatable bonds is 3. The van der Waals surface area contributed by atoms with Crippen molar-refractivity contribution < 1.29 is 4.79 Å². The van der Waals surface area contributed by atoms with Crippen molar-refractivity contribution in [2.45, 2.75) is 45.1 Å². The van der Waals surface area contributed by atoms with Gasteiger partial charge in [-0.3, -0.25) is 10.1 Å². The van der Waals surface area contributed by atoms with Gasteiger partial charge >= 0.3 is 0 Å². The van der Waals surface area contributed by atoms with E-state index in [1.165, 1.54) is 0 Å². The topological polar surface area (TPSA) is 93.8 Å². The van der Waals surface area contributed by atoms with Crippen LogP contribution >= 0.6 is 0 Å². The molecule has 2 rings (SSSR count). The maximum Gasteiger partial charge on any atom is 0.249 e. The summed E-state index contributed by atoms with van der Waals surface area (Å²) in [4.78, 5) is 15.9. The van der Waals surface area contributed by atoms with Gasteiger partial charge in [-0.2, -0.15) is 5.10 Å². The third-order valence-electron chi connectivity index (χ3n) is 3.21.